The van der Waals surface area contributed by atoms with Crippen molar-refractivity contribution in [3.05, 3.63) is 6.20 Å². The molecule has 6 nitrogen and oxygen atoms in total. The quantitative estimate of drug-likeness (QED) is 0.917. The lowest BCUT2D eigenvalue weighted by Crippen LogP contribution is -2.43. The predicted molar refractivity (Wildman–Crippen MR) is 78.7 cm³/mol. The molecule has 20 heavy (non-hydrogen) atoms. The van der Waals surface area contributed by atoms with E-state index in [1.165, 1.54) is 0 Å². The summed E-state index contributed by atoms with van der Waals surface area (Å²) in [4.78, 5) is 0.142. The van der Waals surface area contributed by atoms with Crippen molar-refractivity contribution in [2.45, 2.75) is 51.5 Å². The number of anilines is 1. The van der Waals surface area contributed by atoms with Gasteiger partial charge in [-0.2, -0.15) is 9.40 Å². The van der Waals surface area contributed by atoms with Crippen LogP contribution >= 0.6 is 0 Å². The van der Waals surface area contributed by atoms with Crippen LogP contribution in [0.25, 0.3) is 0 Å². The SMILES string of the molecule is CCCn1cc(S(=O)(=O)N2CCCC(C)(C)C2)c(N)n1. The first kappa shape index (κ1) is 15.3. The van der Waals surface area contributed by atoms with Gasteiger partial charge >= 0.3 is 0 Å². The summed E-state index contributed by atoms with van der Waals surface area (Å²) in [6, 6.07) is 0. The largest absolute Gasteiger partial charge is 0.381 e. The molecular weight excluding hydrogens is 276 g/mol. The third kappa shape index (κ3) is 2.98. The van der Waals surface area contributed by atoms with Crippen LogP contribution in [0.1, 0.15) is 40.0 Å². The Morgan fingerprint density at radius 1 is 1.45 bits per heavy atom. The van der Waals surface area contributed by atoms with Gasteiger partial charge in [-0.05, 0) is 24.7 Å². The monoisotopic (exact) mass is 300 g/mol. The van der Waals surface area contributed by atoms with E-state index in [1.807, 2.05) is 6.92 Å². The number of hydrogen-bond acceptors (Lipinski definition) is 4. The summed E-state index contributed by atoms with van der Waals surface area (Å²) in [6.07, 6.45) is 4.37. The van der Waals surface area contributed by atoms with Crippen molar-refractivity contribution in [3.63, 3.8) is 0 Å². The van der Waals surface area contributed by atoms with Gasteiger partial charge in [-0.3, -0.25) is 4.68 Å². The highest BCUT2D eigenvalue weighted by atomic mass is 32.2. The predicted octanol–water partition coefficient (Wildman–Crippen LogP) is 1.69. The van der Waals surface area contributed by atoms with Gasteiger partial charge in [-0.15, -0.1) is 0 Å². The van der Waals surface area contributed by atoms with Crippen LogP contribution in [0.15, 0.2) is 11.1 Å². The Bertz CT molecular complexity index is 577. The van der Waals surface area contributed by atoms with Crippen molar-refractivity contribution in [1.29, 1.82) is 0 Å². The van der Waals surface area contributed by atoms with Gasteiger partial charge in [0.1, 0.15) is 4.90 Å². The molecule has 2 heterocycles. The van der Waals surface area contributed by atoms with E-state index in [1.54, 1.807) is 15.2 Å². The molecule has 114 valence electrons. The normalized spacial score (nSPS) is 20.1. The molecule has 7 heteroatoms. The van der Waals surface area contributed by atoms with E-state index in [0.29, 0.717) is 19.6 Å². The van der Waals surface area contributed by atoms with Crippen LogP contribution in [0.4, 0.5) is 5.82 Å². The number of nitrogen functional groups attached to an aromatic ring is 1. The Kier molecular flexibility index (Phi) is 4.11. The number of aryl methyl sites for hydroxylation is 1. The van der Waals surface area contributed by atoms with Crippen molar-refractivity contribution >= 4 is 15.8 Å². The fourth-order valence-corrected chi connectivity index (χ4v) is 4.40. The topological polar surface area (TPSA) is 81.2 Å². The lowest BCUT2D eigenvalue weighted by atomic mass is 9.85. The molecule has 2 rings (SSSR count). The standard InChI is InChI=1S/C13H24N4O2S/c1-4-7-16-9-11(12(14)15-16)20(18,19)17-8-5-6-13(2,3)10-17/h9H,4-8,10H2,1-3H3,(H2,14,15). The summed E-state index contributed by atoms with van der Waals surface area (Å²) in [5.74, 6) is 0.0989. The van der Waals surface area contributed by atoms with Gasteiger partial charge in [-0.25, -0.2) is 8.42 Å². The van der Waals surface area contributed by atoms with Crippen molar-refractivity contribution in [1.82, 2.24) is 14.1 Å². The molecule has 1 aromatic rings. The van der Waals surface area contributed by atoms with Crippen LogP contribution in [-0.2, 0) is 16.6 Å². The van der Waals surface area contributed by atoms with Crippen LogP contribution in [0, 0.1) is 5.41 Å². The van der Waals surface area contributed by atoms with Crippen LogP contribution in [0.2, 0.25) is 0 Å². The molecule has 2 N–H and O–H groups in total. The molecule has 1 fully saturated rings. The highest BCUT2D eigenvalue weighted by molar-refractivity contribution is 7.89. The highest BCUT2D eigenvalue weighted by Gasteiger charge is 2.35. The number of rotatable bonds is 4. The van der Waals surface area contributed by atoms with Gasteiger partial charge in [-0.1, -0.05) is 20.8 Å². The van der Waals surface area contributed by atoms with E-state index in [-0.39, 0.29) is 16.1 Å². The molecule has 0 bridgehead atoms. The van der Waals surface area contributed by atoms with Crippen molar-refractivity contribution < 1.29 is 8.42 Å². The highest BCUT2D eigenvalue weighted by Crippen LogP contribution is 2.32. The van der Waals surface area contributed by atoms with Crippen molar-refractivity contribution in [3.8, 4) is 0 Å². The van der Waals surface area contributed by atoms with E-state index in [0.717, 1.165) is 19.3 Å². The first-order valence-electron chi connectivity index (χ1n) is 7.09. The minimum atomic E-state index is -3.54. The second kappa shape index (κ2) is 5.37. The molecule has 1 aromatic heterocycles. The number of sulfonamides is 1. The summed E-state index contributed by atoms with van der Waals surface area (Å²) in [5, 5.41) is 4.09. The zero-order chi connectivity index (χ0) is 15.0. The minimum Gasteiger partial charge on any atom is -0.381 e. The third-order valence-corrected chi connectivity index (χ3v) is 5.55. The summed E-state index contributed by atoms with van der Waals surface area (Å²) < 4.78 is 28.6. The van der Waals surface area contributed by atoms with E-state index in [2.05, 4.69) is 18.9 Å². The second-order valence-electron chi connectivity index (χ2n) is 6.25. The average molecular weight is 300 g/mol. The molecule has 0 spiro atoms. The third-order valence-electron chi connectivity index (χ3n) is 3.69. The van der Waals surface area contributed by atoms with Crippen LogP contribution in [-0.4, -0.2) is 35.6 Å². The number of nitrogens with zero attached hydrogens (tertiary/aromatic N) is 3. The molecule has 0 saturated carbocycles. The first-order chi connectivity index (χ1) is 9.26. The summed E-state index contributed by atoms with van der Waals surface area (Å²) >= 11 is 0. The first-order valence-corrected chi connectivity index (χ1v) is 8.53. The maximum Gasteiger partial charge on any atom is 0.248 e. The summed E-state index contributed by atoms with van der Waals surface area (Å²) in [7, 11) is -3.54. The Labute approximate surface area is 121 Å². The Hall–Kier alpha value is -1.08. The fraction of sp³-hybridized carbons (Fsp3) is 0.769. The number of aromatic nitrogens is 2. The molecule has 0 amide bonds. The lowest BCUT2D eigenvalue weighted by Gasteiger charge is -2.36. The average Bonchev–Trinajstić information content (AvgIpc) is 2.70. The molecule has 0 aromatic carbocycles. The Morgan fingerprint density at radius 2 is 2.15 bits per heavy atom. The molecule has 1 aliphatic heterocycles. The Morgan fingerprint density at radius 3 is 2.75 bits per heavy atom. The molecule has 0 radical (unpaired) electrons. The van der Waals surface area contributed by atoms with E-state index >= 15 is 0 Å². The van der Waals surface area contributed by atoms with Crippen LogP contribution in [0.3, 0.4) is 0 Å². The maximum atomic E-state index is 12.7. The van der Waals surface area contributed by atoms with Crippen LogP contribution in [0.5, 0.6) is 0 Å². The molecular formula is C13H24N4O2S. The summed E-state index contributed by atoms with van der Waals surface area (Å²) in [6.45, 7) is 7.97. The minimum absolute atomic E-state index is 0.0134. The van der Waals surface area contributed by atoms with Crippen LogP contribution < -0.4 is 5.73 Å². The smallest absolute Gasteiger partial charge is 0.248 e. The maximum absolute atomic E-state index is 12.7. The molecule has 0 aliphatic carbocycles. The van der Waals surface area contributed by atoms with E-state index in [9.17, 15) is 8.42 Å². The van der Waals surface area contributed by atoms with Crippen molar-refractivity contribution in [2.24, 2.45) is 5.41 Å². The summed E-state index contributed by atoms with van der Waals surface area (Å²) in [5.41, 5.74) is 5.81. The van der Waals surface area contributed by atoms with Gasteiger partial charge < -0.3 is 5.73 Å². The molecule has 0 atom stereocenters. The van der Waals surface area contributed by atoms with Gasteiger partial charge in [0.05, 0.1) is 0 Å². The van der Waals surface area contributed by atoms with Crippen molar-refractivity contribution in [2.75, 3.05) is 18.8 Å². The fourth-order valence-electron chi connectivity index (χ4n) is 2.67. The van der Waals surface area contributed by atoms with Gasteiger partial charge in [0.15, 0.2) is 5.82 Å². The number of nitrogens with two attached hydrogens (primary N) is 1. The number of piperidine rings is 1. The Balaban J connectivity index is 2.30. The van der Waals surface area contributed by atoms with Gasteiger partial charge in [0.25, 0.3) is 0 Å². The van der Waals surface area contributed by atoms with Gasteiger partial charge in [0.2, 0.25) is 10.0 Å². The molecule has 1 aliphatic rings. The zero-order valence-electron chi connectivity index (χ0n) is 12.5. The second-order valence-corrected chi connectivity index (χ2v) is 8.15. The molecule has 0 unspecified atom stereocenters. The molecule has 1 saturated heterocycles. The lowest BCUT2D eigenvalue weighted by molar-refractivity contribution is 0.187. The number of hydrogen-bond donors (Lipinski definition) is 1. The zero-order valence-corrected chi connectivity index (χ0v) is 13.3. The van der Waals surface area contributed by atoms with E-state index in [4.69, 9.17) is 5.73 Å². The van der Waals surface area contributed by atoms with E-state index < -0.39 is 10.0 Å². The van der Waals surface area contributed by atoms with Gasteiger partial charge in [0, 0.05) is 25.8 Å².